The first kappa shape index (κ1) is 13.1. The van der Waals surface area contributed by atoms with Gasteiger partial charge in [-0.15, -0.1) is 0 Å². The number of hydrogen-bond donors (Lipinski definition) is 0. The Morgan fingerprint density at radius 3 is 2.58 bits per heavy atom. The van der Waals surface area contributed by atoms with E-state index in [2.05, 4.69) is 22.9 Å². The molecule has 0 spiro atoms. The molecule has 0 saturated heterocycles. The number of halogens is 2. The third-order valence-electron chi connectivity index (χ3n) is 4.08. The van der Waals surface area contributed by atoms with E-state index in [9.17, 15) is 9.18 Å². The molecule has 2 aliphatic carbocycles. The summed E-state index contributed by atoms with van der Waals surface area (Å²) in [5, 5.41) is 0. The van der Waals surface area contributed by atoms with Gasteiger partial charge in [0.2, 0.25) is 0 Å². The summed E-state index contributed by atoms with van der Waals surface area (Å²) in [5.41, 5.74) is 0.570. The van der Waals surface area contributed by atoms with Crippen molar-refractivity contribution >= 4 is 21.8 Å². The molecule has 4 heteroatoms. The van der Waals surface area contributed by atoms with Gasteiger partial charge in [-0.2, -0.15) is 0 Å². The van der Waals surface area contributed by atoms with E-state index in [1.807, 2.05) is 4.90 Å². The van der Waals surface area contributed by atoms with E-state index in [1.165, 1.54) is 25.0 Å². The van der Waals surface area contributed by atoms with Crippen molar-refractivity contribution in [2.45, 2.75) is 44.7 Å². The number of rotatable bonds is 4. The van der Waals surface area contributed by atoms with Gasteiger partial charge in [0.05, 0.1) is 5.56 Å². The Bertz CT molecular complexity index is 511. The zero-order chi connectivity index (χ0) is 13.6. The second-order valence-electron chi connectivity index (χ2n) is 5.65. The summed E-state index contributed by atoms with van der Waals surface area (Å²) in [5.74, 6) is 0.370. The summed E-state index contributed by atoms with van der Waals surface area (Å²) in [7, 11) is 0. The minimum Gasteiger partial charge on any atom is -0.333 e. The maximum atomic E-state index is 13.1. The van der Waals surface area contributed by atoms with Gasteiger partial charge in [0.25, 0.3) is 5.91 Å². The second-order valence-corrected chi connectivity index (χ2v) is 6.50. The van der Waals surface area contributed by atoms with Gasteiger partial charge >= 0.3 is 0 Å². The van der Waals surface area contributed by atoms with E-state index >= 15 is 0 Å². The average Bonchev–Trinajstić information content (AvgIpc) is 3.22. The lowest BCUT2D eigenvalue weighted by atomic mass is 10.1. The van der Waals surface area contributed by atoms with E-state index in [-0.39, 0.29) is 11.7 Å². The lowest BCUT2D eigenvalue weighted by Crippen LogP contribution is -2.41. The van der Waals surface area contributed by atoms with E-state index in [0.717, 1.165) is 12.8 Å². The first-order valence-electron chi connectivity index (χ1n) is 6.85. The Morgan fingerprint density at radius 2 is 2.05 bits per heavy atom. The molecule has 1 atom stereocenters. The van der Waals surface area contributed by atoms with E-state index in [0.29, 0.717) is 28.0 Å². The molecule has 19 heavy (non-hydrogen) atoms. The van der Waals surface area contributed by atoms with Crippen molar-refractivity contribution in [2.24, 2.45) is 5.92 Å². The summed E-state index contributed by atoms with van der Waals surface area (Å²) < 4.78 is 13.7. The van der Waals surface area contributed by atoms with Crippen molar-refractivity contribution in [3.05, 3.63) is 34.1 Å². The molecule has 2 nitrogen and oxygen atoms in total. The maximum Gasteiger partial charge on any atom is 0.255 e. The monoisotopic (exact) mass is 325 g/mol. The predicted octanol–water partition coefficient (Wildman–Crippen LogP) is 3.99. The van der Waals surface area contributed by atoms with Gasteiger partial charge in [-0.3, -0.25) is 4.79 Å². The molecule has 0 radical (unpaired) electrons. The van der Waals surface area contributed by atoms with Crippen molar-refractivity contribution in [3.63, 3.8) is 0 Å². The third-order valence-corrected chi connectivity index (χ3v) is 4.74. The lowest BCUT2D eigenvalue weighted by Gasteiger charge is -2.30. The fraction of sp³-hybridized carbons (Fsp3) is 0.533. The van der Waals surface area contributed by atoms with Crippen LogP contribution in [0, 0.1) is 11.7 Å². The minimum absolute atomic E-state index is 0.0359. The zero-order valence-electron chi connectivity index (χ0n) is 10.9. The Balaban J connectivity index is 1.87. The molecular formula is C15H17BrFNO. The highest BCUT2D eigenvalue weighted by Crippen LogP contribution is 2.40. The molecule has 3 rings (SSSR count). The zero-order valence-corrected chi connectivity index (χ0v) is 12.5. The highest BCUT2D eigenvalue weighted by Gasteiger charge is 2.42. The van der Waals surface area contributed by atoms with Crippen LogP contribution in [-0.4, -0.2) is 22.9 Å². The summed E-state index contributed by atoms with van der Waals surface area (Å²) in [6, 6.07) is 4.99. The Kier molecular flexibility index (Phi) is 3.37. The molecule has 1 amide bonds. The Morgan fingerprint density at radius 1 is 1.37 bits per heavy atom. The SMILES string of the molecule is CC(C1CC1)N(C(=O)c1ccc(F)cc1Br)C1CC1. The number of nitrogens with zero attached hydrogens (tertiary/aromatic N) is 1. The summed E-state index contributed by atoms with van der Waals surface area (Å²) in [6.45, 7) is 2.14. The second kappa shape index (κ2) is 4.89. The topological polar surface area (TPSA) is 20.3 Å². The summed E-state index contributed by atoms with van der Waals surface area (Å²) >= 11 is 3.30. The number of benzene rings is 1. The number of amides is 1. The highest BCUT2D eigenvalue weighted by atomic mass is 79.9. The van der Waals surface area contributed by atoms with Crippen LogP contribution in [0.1, 0.15) is 43.0 Å². The van der Waals surface area contributed by atoms with Gasteiger partial charge in [-0.25, -0.2) is 4.39 Å². The molecule has 0 aliphatic heterocycles. The quantitative estimate of drug-likeness (QED) is 0.819. The molecule has 2 aliphatic rings. The molecule has 2 fully saturated rings. The van der Waals surface area contributed by atoms with Crippen molar-refractivity contribution in [1.29, 1.82) is 0 Å². The fourth-order valence-corrected chi connectivity index (χ4v) is 3.16. The lowest BCUT2D eigenvalue weighted by molar-refractivity contribution is 0.0653. The van der Waals surface area contributed by atoms with E-state index in [4.69, 9.17) is 0 Å². The molecule has 1 aromatic carbocycles. The van der Waals surface area contributed by atoms with Crippen molar-refractivity contribution < 1.29 is 9.18 Å². The first-order valence-corrected chi connectivity index (χ1v) is 7.65. The van der Waals surface area contributed by atoms with Crippen LogP contribution < -0.4 is 0 Å². The van der Waals surface area contributed by atoms with Gasteiger partial charge in [0.1, 0.15) is 5.82 Å². The molecule has 0 bridgehead atoms. The molecule has 0 N–H and O–H groups in total. The van der Waals surface area contributed by atoms with Crippen molar-refractivity contribution in [2.75, 3.05) is 0 Å². The van der Waals surface area contributed by atoms with Crippen LogP contribution in [0.4, 0.5) is 4.39 Å². The highest BCUT2D eigenvalue weighted by molar-refractivity contribution is 9.10. The van der Waals surface area contributed by atoms with E-state index < -0.39 is 0 Å². The normalized spacial score (nSPS) is 20.2. The molecule has 0 heterocycles. The molecule has 0 aromatic heterocycles. The van der Waals surface area contributed by atoms with Crippen LogP contribution in [-0.2, 0) is 0 Å². The van der Waals surface area contributed by atoms with Gasteiger partial charge in [-0.1, -0.05) is 0 Å². The summed E-state index contributed by atoms with van der Waals surface area (Å²) in [4.78, 5) is 14.7. The number of carbonyl (C=O) groups excluding carboxylic acids is 1. The van der Waals surface area contributed by atoms with Crippen LogP contribution in [0.2, 0.25) is 0 Å². The molecule has 2 saturated carbocycles. The van der Waals surface area contributed by atoms with Crippen LogP contribution >= 0.6 is 15.9 Å². The molecule has 102 valence electrons. The third kappa shape index (κ3) is 2.69. The van der Waals surface area contributed by atoms with Gasteiger partial charge < -0.3 is 4.90 Å². The van der Waals surface area contributed by atoms with Crippen LogP contribution in [0.3, 0.4) is 0 Å². The van der Waals surface area contributed by atoms with E-state index in [1.54, 1.807) is 6.07 Å². The van der Waals surface area contributed by atoms with Crippen LogP contribution in [0.5, 0.6) is 0 Å². The fourth-order valence-electron chi connectivity index (χ4n) is 2.64. The average molecular weight is 326 g/mol. The standard InChI is InChI=1S/C15H17BrFNO/c1-9(10-2-3-10)18(12-5-6-12)15(19)13-7-4-11(17)8-14(13)16/h4,7-10,12H,2-3,5-6H2,1H3. The first-order chi connectivity index (χ1) is 9.08. The Labute approximate surface area is 121 Å². The smallest absolute Gasteiger partial charge is 0.255 e. The summed E-state index contributed by atoms with van der Waals surface area (Å²) in [6.07, 6.45) is 4.65. The van der Waals surface area contributed by atoms with Gasteiger partial charge in [0.15, 0.2) is 0 Å². The van der Waals surface area contributed by atoms with Gasteiger partial charge in [-0.05, 0) is 72.7 Å². The van der Waals surface area contributed by atoms with Gasteiger partial charge in [0, 0.05) is 16.6 Å². The molecule has 1 aromatic rings. The number of hydrogen-bond acceptors (Lipinski definition) is 1. The predicted molar refractivity (Wildman–Crippen MR) is 75.5 cm³/mol. The molecule has 1 unspecified atom stereocenters. The van der Waals surface area contributed by atoms with Crippen molar-refractivity contribution in [3.8, 4) is 0 Å². The van der Waals surface area contributed by atoms with Crippen LogP contribution in [0.25, 0.3) is 0 Å². The molecular weight excluding hydrogens is 309 g/mol. The maximum absolute atomic E-state index is 13.1. The minimum atomic E-state index is -0.323. The van der Waals surface area contributed by atoms with Crippen LogP contribution in [0.15, 0.2) is 22.7 Å². The largest absolute Gasteiger partial charge is 0.333 e. The van der Waals surface area contributed by atoms with Crippen molar-refractivity contribution in [1.82, 2.24) is 4.90 Å². The Hall–Kier alpha value is -0.900. The number of carbonyl (C=O) groups is 1.